The van der Waals surface area contributed by atoms with Crippen molar-refractivity contribution in [3.8, 4) is 0 Å². The molecular weight excluding hydrogens is 436 g/mol. The quantitative estimate of drug-likeness (QED) is 0.392. The number of nitrogens with zero attached hydrogens (tertiary/aromatic N) is 1. The van der Waals surface area contributed by atoms with Crippen LogP contribution < -0.4 is 10.2 Å². The Balaban J connectivity index is 1.47. The third-order valence-corrected chi connectivity index (χ3v) is 7.43. The van der Waals surface area contributed by atoms with Crippen LogP contribution in [0.5, 0.6) is 0 Å². The SMILES string of the molecule is CC1C=CC=C(CC2=C(N(Cc3ccccc3)c3ccccc3)C=CC3c4ccccc4NC23)C=C1. The summed E-state index contributed by atoms with van der Waals surface area (Å²) in [5.41, 5.74) is 9.25. The molecule has 1 heterocycles. The van der Waals surface area contributed by atoms with E-state index in [4.69, 9.17) is 0 Å². The molecule has 0 aromatic heterocycles. The number of rotatable bonds is 6. The predicted octanol–water partition coefficient (Wildman–Crippen LogP) is 8.17. The molecule has 3 aliphatic rings. The highest BCUT2D eigenvalue weighted by atomic mass is 15.1. The van der Waals surface area contributed by atoms with Gasteiger partial charge in [-0.2, -0.15) is 0 Å². The van der Waals surface area contributed by atoms with E-state index >= 15 is 0 Å². The Bertz CT molecular complexity index is 1370. The van der Waals surface area contributed by atoms with Crippen molar-refractivity contribution in [1.29, 1.82) is 0 Å². The van der Waals surface area contributed by atoms with Crippen LogP contribution in [-0.4, -0.2) is 6.04 Å². The fourth-order valence-electron chi connectivity index (χ4n) is 5.58. The van der Waals surface area contributed by atoms with Gasteiger partial charge in [0.25, 0.3) is 0 Å². The summed E-state index contributed by atoms with van der Waals surface area (Å²) < 4.78 is 0. The summed E-state index contributed by atoms with van der Waals surface area (Å²) in [6.07, 6.45) is 17.1. The number of allylic oxidation sites excluding steroid dienone is 7. The zero-order valence-corrected chi connectivity index (χ0v) is 20.7. The maximum Gasteiger partial charge on any atom is 0.0604 e. The molecule has 0 fully saturated rings. The Morgan fingerprint density at radius 1 is 0.778 bits per heavy atom. The van der Waals surface area contributed by atoms with E-state index in [1.165, 1.54) is 39.3 Å². The van der Waals surface area contributed by atoms with Crippen LogP contribution in [0.3, 0.4) is 0 Å². The summed E-state index contributed by atoms with van der Waals surface area (Å²) in [5.74, 6) is 0.804. The molecular formula is C34H32N2. The molecule has 3 aromatic carbocycles. The first-order valence-corrected chi connectivity index (χ1v) is 12.9. The van der Waals surface area contributed by atoms with Gasteiger partial charge in [-0.3, -0.25) is 0 Å². The van der Waals surface area contributed by atoms with Crippen molar-refractivity contribution in [1.82, 2.24) is 0 Å². The van der Waals surface area contributed by atoms with Gasteiger partial charge in [0.1, 0.15) is 0 Å². The number of hydrogen-bond acceptors (Lipinski definition) is 2. The van der Waals surface area contributed by atoms with Gasteiger partial charge in [0, 0.05) is 29.5 Å². The Morgan fingerprint density at radius 3 is 2.36 bits per heavy atom. The summed E-state index contributed by atoms with van der Waals surface area (Å²) >= 11 is 0. The number of fused-ring (bicyclic) bond motifs is 3. The molecule has 0 amide bonds. The average Bonchev–Trinajstić information content (AvgIpc) is 3.18. The topological polar surface area (TPSA) is 15.3 Å². The molecule has 0 spiro atoms. The van der Waals surface area contributed by atoms with Crippen molar-refractivity contribution < 1.29 is 0 Å². The maximum atomic E-state index is 3.90. The summed E-state index contributed by atoms with van der Waals surface area (Å²) in [7, 11) is 0. The zero-order chi connectivity index (χ0) is 24.3. The minimum Gasteiger partial charge on any atom is -0.377 e. The van der Waals surface area contributed by atoms with Crippen molar-refractivity contribution in [3.63, 3.8) is 0 Å². The summed E-state index contributed by atoms with van der Waals surface area (Å²) in [4.78, 5) is 2.49. The van der Waals surface area contributed by atoms with Gasteiger partial charge in [-0.25, -0.2) is 0 Å². The minimum atomic E-state index is 0.239. The molecule has 0 bridgehead atoms. The molecule has 2 nitrogen and oxygen atoms in total. The van der Waals surface area contributed by atoms with E-state index in [-0.39, 0.29) is 6.04 Å². The van der Waals surface area contributed by atoms with Crippen LogP contribution in [-0.2, 0) is 6.54 Å². The van der Waals surface area contributed by atoms with Gasteiger partial charge >= 0.3 is 0 Å². The van der Waals surface area contributed by atoms with Crippen LogP contribution in [0.15, 0.2) is 144 Å². The molecule has 3 aromatic rings. The highest BCUT2D eigenvalue weighted by Crippen LogP contribution is 2.45. The lowest BCUT2D eigenvalue weighted by Crippen LogP contribution is -2.32. The van der Waals surface area contributed by atoms with E-state index in [0.717, 1.165) is 13.0 Å². The van der Waals surface area contributed by atoms with Crippen LogP contribution in [0.4, 0.5) is 11.4 Å². The molecule has 36 heavy (non-hydrogen) atoms. The number of hydrogen-bond donors (Lipinski definition) is 1. The fourth-order valence-corrected chi connectivity index (χ4v) is 5.58. The fraction of sp³-hybridized carbons (Fsp3) is 0.176. The van der Waals surface area contributed by atoms with Crippen molar-refractivity contribution in [2.24, 2.45) is 5.92 Å². The lowest BCUT2D eigenvalue weighted by Gasteiger charge is -2.35. The Morgan fingerprint density at radius 2 is 1.53 bits per heavy atom. The molecule has 178 valence electrons. The first kappa shape index (κ1) is 22.4. The van der Waals surface area contributed by atoms with Crippen molar-refractivity contribution >= 4 is 11.4 Å². The third kappa shape index (κ3) is 4.47. The van der Waals surface area contributed by atoms with Crippen molar-refractivity contribution in [2.45, 2.75) is 31.8 Å². The second-order valence-electron chi connectivity index (χ2n) is 9.93. The average molecular weight is 469 g/mol. The maximum absolute atomic E-state index is 3.90. The highest BCUT2D eigenvalue weighted by Gasteiger charge is 2.37. The molecule has 2 heteroatoms. The highest BCUT2D eigenvalue weighted by molar-refractivity contribution is 5.68. The molecule has 2 aliphatic carbocycles. The van der Waals surface area contributed by atoms with Crippen LogP contribution in [0.2, 0.25) is 0 Å². The van der Waals surface area contributed by atoms with Gasteiger partial charge in [0.15, 0.2) is 0 Å². The van der Waals surface area contributed by atoms with Gasteiger partial charge in [-0.1, -0.05) is 110 Å². The smallest absolute Gasteiger partial charge is 0.0604 e. The zero-order valence-electron chi connectivity index (χ0n) is 20.7. The van der Waals surface area contributed by atoms with E-state index in [0.29, 0.717) is 11.8 Å². The third-order valence-electron chi connectivity index (χ3n) is 7.43. The van der Waals surface area contributed by atoms with Gasteiger partial charge in [-0.05, 0) is 58.9 Å². The summed E-state index contributed by atoms with van der Waals surface area (Å²) in [6.45, 7) is 3.06. The van der Waals surface area contributed by atoms with Gasteiger partial charge in [0.05, 0.1) is 6.04 Å². The monoisotopic (exact) mass is 468 g/mol. The van der Waals surface area contributed by atoms with E-state index in [9.17, 15) is 0 Å². The molecule has 3 atom stereocenters. The van der Waals surface area contributed by atoms with Gasteiger partial charge < -0.3 is 10.2 Å². The number of nitrogens with one attached hydrogen (secondary N) is 1. The van der Waals surface area contributed by atoms with Crippen LogP contribution in [0, 0.1) is 5.92 Å². The standard InChI is InChI=1S/C34H32N2/c1-25-11-10-14-26(20-19-25)23-31-33(22-21-30-29-17-8-9-18-32(29)35-34(30)31)36(28-15-6-3-7-16-28)24-27-12-4-2-5-13-27/h2-22,25,30,34-35H,23-24H2,1H3. The van der Waals surface area contributed by atoms with E-state index in [2.05, 4.69) is 145 Å². The minimum absolute atomic E-state index is 0.239. The molecule has 6 rings (SSSR count). The Hall–Kier alpha value is -4.04. The lowest BCUT2D eigenvalue weighted by molar-refractivity contribution is 0.716. The molecule has 0 saturated heterocycles. The van der Waals surface area contributed by atoms with E-state index in [1.54, 1.807) is 0 Å². The van der Waals surface area contributed by atoms with E-state index in [1.807, 2.05) is 0 Å². The number of benzene rings is 3. The predicted molar refractivity (Wildman–Crippen MR) is 152 cm³/mol. The second kappa shape index (κ2) is 9.91. The van der Waals surface area contributed by atoms with Crippen LogP contribution in [0.1, 0.15) is 30.4 Å². The second-order valence-corrected chi connectivity index (χ2v) is 9.93. The molecule has 3 unspecified atom stereocenters. The summed E-state index contributed by atoms with van der Waals surface area (Å²) in [6, 6.07) is 30.6. The van der Waals surface area contributed by atoms with Crippen molar-refractivity contribution in [2.75, 3.05) is 10.2 Å². The van der Waals surface area contributed by atoms with Crippen LogP contribution >= 0.6 is 0 Å². The van der Waals surface area contributed by atoms with Crippen LogP contribution in [0.25, 0.3) is 0 Å². The largest absolute Gasteiger partial charge is 0.377 e. The van der Waals surface area contributed by atoms with E-state index < -0.39 is 0 Å². The first-order chi connectivity index (χ1) is 17.8. The molecule has 1 aliphatic heterocycles. The number of anilines is 2. The van der Waals surface area contributed by atoms with Gasteiger partial charge in [-0.15, -0.1) is 0 Å². The lowest BCUT2D eigenvalue weighted by atomic mass is 9.82. The first-order valence-electron chi connectivity index (χ1n) is 12.9. The Labute approximate surface area is 214 Å². The van der Waals surface area contributed by atoms with Crippen molar-refractivity contribution in [3.05, 3.63) is 155 Å². The summed E-state index contributed by atoms with van der Waals surface area (Å²) in [5, 5.41) is 3.90. The normalized spacial score (nSPS) is 21.9. The van der Waals surface area contributed by atoms with Gasteiger partial charge in [0.2, 0.25) is 0 Å². The molecule has 0 saturated carbocycles. The molecule has 0 radical (unpaired) electrons. The Kier molecular flexibility index (Phi) is 6.17. The molecule has 1 N–H and O–H groups in total. The number of para-hydroxylation sites is 2.